The molecule has 1 aromatic rings. The first kappa shape index (κ1) is 15.4. The molecule has 1 aromatic heterocycles. The quantitative estimate of drug-likeness (QED) is 0.575. The lowest BCUT2D eigenvalue weighted by Gasteiger charge is -2.14. The van der Waals surface area contributed by atoms with E-state index in [1.165, 1.54) is 12.3 Å². The van der Waals surface area contributed by atoms with Gasteiger partial charge in [0.05, 0.1) is 4.92 Å². The molecule has 0 bridgehead atoms. The molecule has 0 spiro atoms. The number of nitrogens with zero attached hydrogens (tertiary/aromatic N) is 3. The zero-order valence-electron chi connectivity index (χ0n) is 10.9. The number of rotatable bonds is 7. The van der Waals surface area contributed by atoms with Crippen molar-refractivity contribution in [2.45, 2.75) is 32.2 Å². The zero-order chi connectivity index (χ0) is 15.1. The second kappa shape index (κ2) is 7.04. The van der Waals surface area contributed by atoms with Crippen LogP contribution in [0.2, 0.25) is 0 Å². The number of unbranched alkanes of at least 4 members (excludes halogenated alkanes) is 1. The Morgan fingerprint density at radius 1 is 1.70 bits per heavy atom. The molecular weight excluding hydrogens is 264 g/mol. The fourth-order valence-corrected chi connectivity index (χ4v) is 1.67. The monoisotopic (exact) mass is 278 g/mol. The van der Waals surface area contributed by atoms with Gasteiger partial charge in [-0.05, 0) is 12.5 Å². The smallest absolute Gasteiger partial charge is 0.328 e. The summed E-state index contributed by atoms with van der Waals surface area (Å²) in [7, 11) is 0. The van der Waals surface area contributed by atoms with E-state index in [9.17, 15) is 14.9 Å². The highest BCUT2D eigenvalue weighted by molar-refractivity contribution is 5.78. The van der Waals surface area contributed by atoms with Crippen LogP contribution in [0, 0.1) is 21.4 Å². The topological polar surface area (TPSA) is 129 Å². The van der Waals surface area contributed by atoms with E-state index in [-0.39, 0.29) is 11.4 Å². The average Bonchev–Trinajstić information content (AvgIpc) is 2.42. The van der Waals surface area contributed by atoms with Crippen LogP contribution in [0.25, 0.3) is 0 Å². The number of anilines is 1. The highest BCUT2D eigenvalue weighted by atomic mass is 16.6. The third-order valence-corrected chi connectivity index (χ3v) is 2.68. The predicted octanol–water partition coefficient (Wildman–Crippen LogP) is 1.92. The van der Waals surface area contributed by atoms with Crippen LogP contribution in [-0.2, 0) is 4.79 Å². The molecule has 0 saturated carbocycles. The molecule has 0 aliphatic rings. The van der Waals surface area contributed by atoms with Gasteiger partial charge in [0.15, 0.2) is 0 Å². The van der Waals surface area contributed by atoms with Crippen molar-refractivity contribution in [1.29, 1.82) is 5.26 Å². The molecule has 1 unspecified atom stereocenters. The van der Waals surface area contributed by atoms with Gasteiger partial charge in [0.1, 0.15) is 17.7 Å². The number of carboxylic acids is 1. The highest BCUT2D eigenvalue weighted by Gasteiger charge is 2.25. The summed E-state index contributed by atoms with van der Waals surface area (Å²) in [5.41, 5.74) is -0.662. The maximum Gasteiger partial charge on any atom is 0.328 e. The van der Waals surface area contributed by atoms with Gasteiger partial charge in [0.2, 0.25) is 5.82 Å². The normalized spacial score (nSPS) is 11.4. The SMILES string of the molecule is CCCCC(Nc1nccc(C#N)c1[N+](=O)[O-])C(=O)O. The molecule has 0 amide bonds. The minimum absolute atomic E-state index is 0.160. The van der Waals surface area contributed by atoms with Gasteiger partial charge in [-0.15, -0.1) is 0 Å². The lowest BCUT2D eigenvalue weighted by Crippen LogP contribution is -2.30. The van der Waals surface area contributed by atoms with E-state index < -0.39 is 22.6 Å². The summed E-state index contributed by atoms with van der Waals surface area (Å²) >= 11 is 0. The van der Waals surface area contributed by atoms with Crippen LogP contribution in [0.4, 0.5) is 11.5 Å². The molecule has 0 aliphatic carbocycles. The first-order chi connectivity index (χ1) is 9.51. The lowest BCUT2D eigenvalue weighted by atomic mass is 10.1. The number of carbonyl (C=O) groups is 1. The van der Waals surface area contributed by atoms with Crippen molar-refractivity contribution < 1.29 is 14.8 Å². The standard InChI is InChI=1S/C12H14N4O4/c1-2-3-4-9(12(17)18)15-11-10(16(19)20)8(7-13)5-6-14-11/h5-6,9H,2-4H2,1H3,(H,14,15)(H,17,18). The van der Waals surface area contributed by atoms with E-state index in [1.807, 2.05) is 6.92 Å². The first-order valence-electron chi connectivity index (χ1n) is 6.04. The maximum atomic E-state index is 11.1. The third kappa shape index (κ3) is 3.65. The molecule has 8 heteroatoms. The van der Waals surface area contributed by atoms with Gasteiger partial charge in [-0.3, -0.25) is 10.1 Å². The van der Waals surface area contributed by atoms with Crippen LogP contribution >= 0.6 is 0 Å². The Morgan fingerprint density at radius 3 is 2.90 bits per heavy atom. The van der Waals surface area contributed by atoms with Crippen LogP contribution in [0.1, 0.15) is 31.7 Å². The summed E-state index contributed by atoms with van der Waals surface area (Å²) in [6.07, 6.45) is 3.02. The van der Waals surface area contributed by atoms with Crippen molar-refractivity contribution in [2.24, 2.45) is 0 Å². The van der Waals surface area contributed by atoms with Gasteiger partial charge in [0, 0.05) is 6.20 Å². The van der Waals surface area contributed by atoms with Gasteiger partial charge < -0.3 is 10.4 Å². The Bertz CT molecular complexity index is 553. The Morgan fingerprint density at radius 2 is 2.40 bits per heavy atom. The van der Waals surface area contributed by atoms with Gasteiger partial charge in [-0.25, -0.2) is 9.78 Å². The number of hydrogen-bond donors (Lipinski definition) is 2. The van der Waals surface area contributed by atoms with Gasteiger partial charge >= 0.3 is 11.7 Å². The van der Waals surface area contributed by atoms with Crippen molar-refractivity contribution in [3.63, 3.8) is 0 Å². The first-order valence-corrected chi connectivity index (χ1v) is 6.04. The fourth-order valence-electron chi connectivity index (χ4n) is 1.67. The number of aliphatic carboxylic acids is 1. The minimum atomic E-state index is -1.11. The number of hydrogen-bond acceptors (Lipinski definition) is 6. The van der Waals surface area contributed by atoms with Crippen LogP contribution in [-0.4, -0.2) is 27.0 Å². The third-order valence-electron chi connectivity index (χ3n) is 2.68. The molecule has 0 saturated heterocycles. The van der Waals surface area contributed by atoms with E-state index in [4.69, 9.17) is 10.4 Å². The summed E-state index contributed by atoms with van der Waals surface area (Å²) in [6.45, 7) is 1.91. The van der Waals surface area contributed by atoms with Gasteiger partial charge in [-0.2, -0.15) is 5.26 Å². The summed E-state index contributed by atoms with van der Waals surface area (Å²) in [5.74, 6) is -1.31. The zero-order valence-corrected chi connectivity index (χ0v) is 10.9. The van der Waals surface area contributed by atoms with Crippen LogP contribution < -0.4 is 5.32 Å². The van der Waals surface area contributed by atoms with Crippen molar-refractivity contribution in [3.8, 4) is 6.07 Å². The summed E-state index contributed by atoms with van der Waals surface area (Å²) in [4.78, 5) is 25.1. The van der Waals surface area contributed by atoms with E-state index in [1.54, 1.807) is 6.07 Å². The van der Waals surface area contributed by atoms with Crippen molar-refractivity contribution >= 4 is 17.5 Å². The van der Waals surface area contributed by atoms with Gasteiger partial charge in [0.25, 0.3) is 0 Å². The predicted molar refractivity (Wildman–Crippen MR) is 70.2 cm³/mol. The molecule has 1 rings (SSSR count). The van der Waals surface area contributed by atoms with Crippen molar-refractivity contribution in [2.75, 3.05) is 5.32 Å². The molecule has 0 aromatic carbocycles. The van der Waals surface area contributed by atoms with E-state index in [0.29, 0.717) is 12.8 Å². The van der Waals surface area contributed by atoms with Crippen molar-refractivity contribution in [1.82, 2.24) is 4.98 Å². The molecule has 1 heterocycles. The Balaban J connectivity index is 3.10. The average molecular weight is 278 g/mol. The number of pyridine rings is 1. The lowest BCUT2D eigenvalue weighted by molar-refractivity contribution is -0.384. The maximum absolute atomic E-state index is 11.1. The second-order valence-electron chi connectivity index (χ2n) is 4.10. The molecule has 0 radical (unpaired) electrons. The van der Waals surface area contributed by atoms with Crippen molar-refractivity contribution in [3.05, 3.63) is 27.9 Å². The molecule has 20 heavy (non-hydrogen) atoms. The Kier molecular flexibility index (Phi) is 5.41. The molecular formula is C12H14N4O4. The summed E-state index contributed by atoms with van der Waals surface area (Å²) < 4.78 is 0. The molecule has 1 atom stereocenters. The van der Waals surface area contributed by atoms with Crippen LogP contribution in [0.15, 0.2) is 12.3 Å². The number of nitro groups is 1. The molecule has 0 aliphatic heterocycles. The van der Waals surface area contributed by atoms with E-state index in [2.05, 4.69) is 10.3 Å². The Labute approximate surface area is 115 Å². The largest absolute Gasteiger partial charge is 0.480 e. The fraction of sp³-hybridized carbons (Fsp3) is 0.417. The number of carboxylic acid groups (broad SMARTS) is 1. The molecule has 8 nitrogen and oxygen atoms in total. The number of nitriles is 1. The Hall–Kier alpha value is -2.69. The van der Waals surface area contributed by atoms with E-state index in [0.717, 1.165) is 6.42 Å². The highest BCUT2D eigenvalue weighted by Crippen LogP contribution is 2.26. The summed E-state index contributed by atoms with van der Waals surface area (Å²) in [6, 6.07) is 1.93. The molecule has 106 valence electrons. The molecule has 2 N–H and O–H groups in total. The van der Waals surface area contributed by atoms with Crippen LogP contribution in [0.3, 0.4) is 0 Å². The van der Waals surface area contributed by atoms with Gasteiger partial charge in [-0.1, -0.05) is 19.8 Å². The van der Waals surface area contributed by atoms with E-state index >= 15 is 0 Å². The molecule has 0 fully saturated rings. The second-order valence-corrected chi connectivity index (χ2v) is 4.10. The van der Waals surface area contributed by atoms with Crippen LogP contribution in [0.5, 0.6) is 0 Å². The number of nitrogens with one attached hydrogen (secondary N) is 1. The minimum Gasteiger partial charge on any atom is -0.480 e. The number of aromatic nitrogens is 1. The summed E-state index contributed by atoms with van der Waals surface area (Å²) in [5, 5.41) is 31.5.